The molecule has 0 spiro atoms. The van der Waals surface area contributed by atoms with E-state index in [9.17, 15) is 9.18 Å². The lowest BCUT2D eigenvalue weighted by Gasteiger charge is -2.29. The van der Waals surface area contributed by atoms with Crippen LogP contribution in [0.1, 0.15) is 61.2 Å². The van der Waals surface area contributed by atoms with E-state index in [1.54, 1.807) is 12.1 Å². The number of carbonyl (C=O) groups is 1. The Hall–Kier alpha value is -2.45. The molecule has 7 nitrogen and oxygen atoms in total. The number of amides is 1. The number of nitrogens with one attached hydrogen (secondary N) is 1. The van der Waals surface area contributed by atoms with Gasteiger partial charge in [0.1, 0.15) is 11.6 Å². The summed E-state index contributed by atoms with van der Waals surface area (Å²) in [6, 6.07) is 6.40. The molecule has 2 aliphatic rings. The molecule has 2 fully saturated rings. The largest absolute Gasteiger partial charge is 0.465 e. The topological polar surface area (TPSA) is 87.7 Å². The van der Waals surface area contributed by atoms with Crippen LogP contribution in [0.2, 0.25) is 0 Å². The van der Waals surface area contributed by atoms with Crippen LogP contribution in [-0.2, 0) is 15.9 Å². The molecule has 1 amide bonds. The molecule has 0 radical (unpaired) electrons. The molecule has 1 aromatic heterocycles. The maximum Gasteiger partial charge on any atom is 0.407 e. The number of likely N-dealkylation sites (tertiary alicyclic amines) is 1. The summed E-state index contributed by atoms with van der Waals surface area (Å²) in [5.41, 5.74) is 1.84. The van der Waals surface area contributed by atoms with Crippen LogP contribution < -0.4 is 0 Å². The minimum atomic E-state index is -0.863. The van der Waals surface area contributed by atoms with Crippen LogP contribution in [0.3, 0.4) is 0 Å². The van der Waals surface area contributed by atoms with Crippen molar-refractivity contribution in [1.82, 2.24) is 14.9 Å². The van der Waals surface area contributed by atoms with Gasteiger partial charge in [-0.2, -0.15) is 0 Å². The molecule has 2 aliphatic heterocycles. The van der Waals surface area contributed by atoms with Crippen LogP contribution in [0.15, 0.2) is 30.5 Å². The number of aromatic nitrogens is 2. The van der Waals surface area contributed by atoms with Gasteiger partial charge in [0.25, 0.3) is 0 Å². The monoisotopic (exact) mass is 417 g/mol. The zero-order valence-corrected chi connectivity index (χ0v) is 16.9. The fourth-order valence-corrected chi connectivity index (χ4v) is 4.16. The van der Waals surface area contributed by atoms with E-state index >= 15 is 0 Å². The molecule has 2 N–H and O–H groups in total. The highest BCUT2D eigenvalue weighted by molar-refractivity contribution is 5.65. The molecule has 0 aliphatic carbocycles. The average molecular weight is 417 g/mol. The normalized spacial score (nSPS) is 21.5. The van der Waals surface area contributed by atoms with Gasteiger partial charge in [0, 0.05) is 43.9 Å². The summed E-state index contributed by atoms with van der Waals surface area (Å²) in [6.07, 6.45) is 5.50. The summed E-state index contributed by atoms with van der Waals surface area (Å²) in [4.78, 5) is 20.5. The number of nitrogens with zero attached hydrogens (tertiary/aromatic N) is 2. The zero-order valence-electron chi connectivity index (χ0n) is 16.9. The van der Waals surface area contributed by atoms with Gasteiger partial charge in [-0.15, -0.1) is 0 Å². The molecule has 2 atom stereocenters. The molecular weight excluding hydrogens is 389 g/mol. The van der Waals surface area contributed by atoms with Crippen LogP contribution in [-0.4, -0.2) is 52.1 Å². The number of hydrogen-bond acceptors (Lipinski definition) is 4. The van der Waals surface area contributed by atoms with Crippen molar-refractivity contribution in [3.05, 3.63) is 53.4 Å². The number of benzene rings is 1. The molecular formula is C22H28FN3O4. The summed E-state index contributed by atoms with van der Waals surface area (Å²) in [6.45, 7) is 1.75. The lowest BCUT2D eigenvalue weighted by molar-refractivity contribution is -0.189. The predicted octanol–water partition coefficient (Wildman–Crippen LogP) is 4.23. The third-order valence-corrected chi connectivity index (χ3v) is 5.90. The van der Waals surface area contributed by atoms with E-state index in [1.807, 2.05) is 6.20 Å². The summed E-state index contributed by atoms with van der Waals surface area (Å²) in [5.74, 6) is 0.839. The number of halogens is 1. The van der Waals surface area contributed by atoms with Crippen LogP contribution in [0, 0.1) is 5.82 Å². The number of aromatic amines is 1. The summed E-state index contributed by atoms with van der Waals surface area (Å²) in [5, 5.41) is 9.11. The molecule has 2 unspecified atom stereocenters. The first-order valence-corrected chi connectivity index (χ1v) is 10.6. The van der Waals surface area contributed by atoms with Gasteiger partial charge in [-0.3, -0.25) is 0 Å². The maximum absolute atomic E-state index is 13.4. The molecule has 8 heteroatoms. The zero-order chi connectivity index (χ0) is 20.9. The number of imidazole rings is 1. The number of carboxylic acid groups (broad SMARTS) is 1. The first-order valence-electron chi connectivity index (χ1n) is 10.6. The standard InChI is InChI=1S/C22H28FN3O4/c23-17-6-4-15(5-7-17)19(30-20-3-1-2-12-29-20)13-18-14-24-21(25-18)16-8-10-26(11-9-16)22(27)28/h4-7,14,16,19-20H,1-3,8-13H2,(H,24,25)(H,27,28). The highest BCUT2D eigenvalue weighted by Crippen LogP contribution is 2.29. The van der Waals surface area contributed by atoms with Crippen molar-refractivity contribution in [2.24, 2.45) is 0 Å². The molecule has 0 saturated carbocycles. The van der Waals surface area contributed by atoms with Gasteiger partial charge in [-0.05, 0) is 49.8 Å². The lowest BCUT2D eigenvalue weighted by Crippen LogP contribution is -2.37. The Labute approximate surface area is 175 Å². The van der Waals surface area contributed by atoms with Crippen molar-refractivity contribution < 1.29 is 23.8 Å². The first-order chi connectivity index (χ1) is 14.6. The minimum Gasteiger partial charge on any atom is -0.465 e. The Morgan fingerprint density at radius 1 is 1.27 bits per heavy atom. The average Bonchev–Trinajstić information content (AvgIpc) is 3.23. The minimum absolute atomic E-state index is 0.223. The first kappa shape index (κ1) is 20.8. The molecule has 1 aromatic carbocycles. The van der Waals surface area contributed by atoms with Gasteiger partial charge < -0.3 is 24.5 Å². The van der Waals surface area contributed by atoms with Gasteiger partial charge in [0.2, 0.25) is 0 Å². The Kier molecular flexibility index (Phi) is 6.64. The summed E-state index contributed by atoms with van der Waals surface area (Å²) < 4.78 is 25.4. The highest BCUT2D eigenvalue weighted by atomic mass is 19.1. The van der Waals surface area contributed by atoms with E-state index in [2.05, 4.69) is 9.97 Å². The molecule has 0 bridgehead atoms. The van der Waals surface area contributed by atoms with E-state index in [4.69, 9.17) is 14.6 Å². The van der Waals surface area contributed by atoms with Crippen molar-refractivity contribution in [2.75, 3.05) is 19.7 Å². The fraction of sp³-hybridized carbons (Fsp3) is 0.545. The number of piperidine rings is 1. The highest BCUT2D eigenvalue weighted by Gasteiger charge is 2.26. The number of hydrogen-bond donors (Lipinski definition) is 2. The van der Waals surface area contributed by atoms with Crippen LogP contribution >= 0.6 is 0 Å². The van der Waals surface area contributed by atoms with E-state index in [0.29, 0.717) is 26.1 Å². The van der Waals surface area contributed by atoms with Crippen molar-refractivity contribution in [1.29, 1.82) is 0 Å². The number of rotatable bonds is 6. The second kappa shape index (κ2) is 9.57. The van der Waals surface area contributed by atoms with Crippen molar-refractivity contribution >= 4 is 6.09 Å². The Balaban J connectivity index is 1.43. The quantitative estimate of drug-likeness (QED) is 0.734. The molecule has 4 rings (SSSR count). The third-order valence-electron chi connectivity index (χ3n) is 5.90. The molecule has 2 aromatic rings. The second-order valence-electron chi connectivity index (χ2n) is 8.01. The number of ether oxygens (including phenoxy) is 2. The summed E-state index contributed by atoms with van der Waals surface area (Å²) >= 11 is 0. The van der Waals surface area contributed by atoms with E-state index in [0.717, 1.165) is 49.2 Å². The molecule has 2 saturated heterocycles. The van der Waals surface area contributed by atoms with E-state index in [-0.39, 0.29) is 24.1 Å². The van der Waals surface area contributed by atoms with Gasteiger partial charge in [-0.1, -0.05) is 12.1 Å². The smallest absolute Gasteiger partial charge is 0.407 e. The predicted molar refractivity (Wildman–Crippen MR) is 108 cm³/mol. The fourth-order valence-electron chi connectivity index (χ4n) is 4.16. The van der Waals surface area contributed by atoms with Crippen molar-refractivity contribution in [2.45, 2.75) is 56.8 Å². The van der Waals surface area contributed by atoms with Crippen LogP contribution in [0.5, 0.6) is 0 Å². The van der Waals surface area contributed by atoms with Crippen molar-refractivity contribution in [3.8, 4) is 0 Å². The Morgan fingerprint density at radius 3 is 2.70 bits per heavy atom. The second-order valence-corrected chi connectivity index (χ2v) is 8.01. The summed E-state index contributed by atoms with van der Waals surface area (Å²) in [7, 11) is 0. The van der Waals surface area contributed by atoms with Crippen molar-refractivity contribution in [3.63, 3.8) is 0 Å². The van der Waals surface area contributed by atoms with Gasteiger partial charge >= 0.3 is 6.09 Å². The van der Waals surface area contributed by atoms with E-state index < -0.39 is 6.09 Å². The van der Waals surface area contributed by atoms with Crippen LogP contribution in [0.25, 0.3) is 0 Å². The van der Waals surface area contributed by atoms with Gasteiger partial charge in [0.05, 0.1) is 6.10 Å². The van der Waals surface area contributed by atoms with Gasteiger partial charge in [-0.25, -0.2) is 14.2 Å². The molecule has 162 valence electrons. The van der Waals surface area contributed by atoms with Crippen LogP contribution in [0.4, 0.5) is 9.18 Å². The van der Waals surface area contributed by atoms with Gasteiger partial charge in [0.15, 0.2) is 6.29 Å². The Morgan fingerprint density at radius 2 is 2.03 bits per heavy atom. The maximum atomic E-state index is 13.4. The third kappa shape index (κ3) is 5.17. The van der Waals surface area contributed by atoms with E-state index in [1.165, 1.54) is 17.0 Å². The SMILES string of the molecule is O=C(O)N1CCC(c2ncc(CC(OC3CCCCO3)c3ccc(F)cc3)[nH]2)CC1. The molecule has 3 heterocycles. The lowest BCUT2D eigenvalue weighted by atomic mass is 9.96. The number of H-pyrrole nitrogens is 1. The Bertz CT molecular complexity index is 827. The molecule has 30 heavy (non-hydrogen) atoms.